The van der Waals surface area contributed by atoms with E-state index in [4.69, 9.17) is 5.73 Å². The first-order chi connectivity index (χ1) is 8.66. The minimum Gasteiger partial charge on any atom is -0.478 e. The molecule has 2 fully saturated rings. The second-order valence-corrected chi connectivity index (χ2v) is 6.04. The Kier molecular flexibility index (Phi) is 2.86. The summed E-state index contributed by atoms with van der Waals surface area (Å²) in [5, 5.41) is 11.4. The number of allylic oxidation sites excluding steroid dienone is 1. The second-order valence-electron chi connectivity index (χ2n) is 5.15. The number of anilines is 1. The molecule has 4 nitrogen and oxygen atoms in total. The van der Waals surface area contributed by atoms with E-state index in [1.54, 1.807) is 5.38 Å². The van der Waals surface area contributed by atoms with Crippen molar-refractivity contribution in [1.29, 1.82) is 0 Å². The quantitative estimate of drug-likeness (QED) is 0.823. The van der Waals surface area contributed by atoms with E-state index in [0.717, 1.165) is 0 Å². The third-order valence-electron chi connectivity index (χ3n) is 4.11. The third kappa shape index (κ3) is 2.03. The zero-order valence-corrected chi connectivity index (χ0v) is 10.8. The number of thiazole rings is 1. The maximum atomic E-state index is 11.3. The smallest absolute Gasteiger partial charge is 0.337 e. The van der Waals surface area contributed by atoms with Crippen molar-refractivity contribution in [3.8, 4) is 0 Å². The zero-order chi connectivity index (χ0) is 12.7. The number of nitrogens with zero attached hydrogens (tertiary/aromatic N) is 1. The van der Waals surface area contributed by atoms with E-state index in [2.05, 4.69) is 4.98 Å². The molecule has 0 bridgehead atoms. The van der Waals surface area contributed by atoms with Crippen LogP contribution in [0.1, 0.15) is 31.4 Å². The summed E-state index contributed by atoms with van der Waals surface area (Å²) < 4.78 is 0. The van der Waals surface area contributed by atoms with Gasteiger partial charge in [0.15, 0.2) is 5.13 Å². The Balaban J connectivity index is 1.84. The van der Waals surface area contributed by atoms with Gasteiger partial charge in [0.25, 0.3) is 0 Å². The molecule has 0 aliphatic heterocycles. The van der Waals surface area contributed by atoms with E-state index in [0.29, 0.717) is 34.2 Å². The molecule has 2 unspecified atom stereocenters. The highest BCUT2D eigenvalue weighted by molar-refractivity contribution is 7.13. The van der Waals surface area contributed by atoms with Crippen LogP contribution in [-0.4, -0.2) is 16.1 Å². The molecule has 5 heteroatoms. The first kappa shape index (κ1) is 11.7. The molecule has 1 aromatic heterocycles. The second kappa shape index (κ2) is 4.39. The predicted molar refractivity (Wildman–Crippen MR) is 71.1 cm³/mol. The van der Waals surface area contributed by atoms with Crippen LogP contribution in [0.3, 0.4) is 0 Å². The number of rotatable bonds is 3. The lowest BCUT2D eigenvalue weighted by Crippen LogP contribution is -2.01. The van der Waals surface area contributed by atoms with Crippen molar-refractivity contribution in [2.24, 2.45) is 17.8 Å². The summed E-state index contributed by atoms with van der Waals surface area (Å²) in [4.78, 5) is 15.4. The predicted octanol–water partition coefficient (Wildman–Crippen LogP) is 2.63. The molecule has 1 heterocycles. The average molecular weight is 264 g/mol. The maximum Gasteiger partial charge on any atom is 0.337 e. The van der Waals surface area contributed by atoms with Gasteiger partial charge in [-0.15, -0.1) is 11.3 Å². The molecule has 0 amide bonds. The summed E-state index contributed by atoms with van der Waals surface area (Å²) in [5.74, 6) is 0.971. The monoisotopic (exact) mass is 264 g/mol. The standard InChI is InChI=1S/C13H16N2O2S/c14-13-15-11(6-18-13)10(12(16)17)5-9-7-3-1-2-4-8(7)9/h5-9H,1-4H2,(H2,14,15)(H,16,17)/b10-5-. The largest absolute Gasteiger partial charge is 0.478 e. The van der Waals surface area contributed by atoms with E-state index >= 15 is 0 Å². The van der Waals surface area contributed by atoms with Gasteiger partial charge in [0.05, 0.1) is 11.3 Å². The van der Waals surface area contributed by atoms with E-state index in [1.165, 1.54) is 37.0 Å². The molecule has 0 saturated heterocycles. The number of aromatic nitrogens is 1. The minimum atomic E-state index is -0.899. The Morgan fingerprint density at radius 2 is 2.11 bits per heavy atom. The summed E-state index contributed by atoms with van der Waals surface area (Å²) in [6.07, 6.45) is 6.99. The summed E-state index contributed by atoms with van der Waals surface area (Å²) >= 11 is 1.29. The highest BCUT2D eigenvalue weighted by atomic mass is 32.1. The van der Waals surface area contributed by atoms with Crippen LogP contribution >= 0.6 is 11.3 Å². The van der Waals surface area contributed by atoms with Gasteiger partial charge in [-0.25, -0.2) is 9.78 Å². The van der Waals surface area contributed by atoms with Crippen molar-refractivity contribution >= 4 is 28.0 Å². The molecule has 2 atom stereocenters. The number of aliphatic carboxylic acids is 1. The van der Waals surface area contributed by atoms with Crippen molar-refractivity contribution in [2.45, 2.75) is 25.7 Å². The van der Waals surface area contributed by atoms with Crippen LogP contribution in [-0.2, 0) is 4.79 Å². The normalized spacial score (nSPS) is 30.9. The average Bonchev–Trinajstić information content (AvgIpc) is 2.88. The van der Waals surface area contributed by atoms with Crippen LogP contribution in [0.5, 0.6) is 0 Å². The van der Waals surface area contributed by atoms with Crippen LogP contribution < -0.4 is 5.73 Å². The molecule has 18 heavy (non-hydrogen) atoms. The van der Waals surface area contributed by atoms with E-state index < -0.39 is 5.97 Å². The molecule has 0 radical (unpaired) electrons. The van der Waals surface area contributed by atoms with Crippen LogP contribution in [0, 0.1) is 17.8 Å². The lowest BCUT2D eigenvalue weighted by molar-refractivity contribution is -0.130. The number of hydrogen-bond acceptors (Lipinski definition) is 4. The highest BCUT2D eigenvalue weighted by Crippen LogP contribution is 2.56. The summed E-state index contributed by atoms with van der Waals surface area (Å²) in [5.41, 5.74) is 6.40. The molecule has 0 spiro atoms. The van der Waals surface area contributed by atoms with Gasteiger partial charge in [0.2, 0.25) is 0 Å². The maximum absolute atomic E-state index is 11.3. The molecule has 3 N–H and O–H groups in total. The fourth-order valence-corrected chi connectivity index (χ4v) is 3.73. The Labute approximate surface area is 110 Å². The number of hydrogen-bond donors (Lipinski definition) is 2. The lowest BCUT2D eigenvalue weighted by atomic mass is 10.0. The third-order valence-corrected chi connectivity index (χ3v) is 4.78. The lowest BCUT2D eigenvalue weighted by Gasteiger charge is -2.04. The summed E-state index contributed by atoms with van der Waals surface area (Å²) in [6, 6.07) is 0. The van der Waals surface area contributed by atoms with Gasteiger partial charge in [-0.2, -0.15) is 0 Å². The number of carbonyl (C=O) groups is 1. The molecular formula is C13H16N2O2S. The molecule has 1 aromatic rings. The molecule has 96 valence electrons. The first-order valence-electron chi connectivity index (χ1n) is 6.33. The van der Waals surface area contributed by atoms with Crippen molar-refractivity contribution < 1.29 is 9.90 Å². The highest BCUT2D eigenvalue weighted by Gasteiger charge is 2.49. The van der Waals surface area contributed by atoms with Gasteiger partial charge in [-0.3, -0.25) is 0 Å². The van der Waals surface area contributed by atoms with Gasteiger partial charge >= 0.3 is 5.97 Å². The molecule has 3 rings (SSSR count). The van der Waals surface area contributed by atoms with Crippen molar-refractivity contribution in [2.75, 3.05) is 5.73 Å². The minimum absolute atomic E-state index is 0.322. The Hall–Kier alpha value is -1.36. The summed E-state index contributed by atoms with van der Waals surface area (Å²) in [7, 11) is 0. The van der Waals surface area contributed by atoms with Crippen molar-refractivity contribution in [3.05, 3.63) is 17.2 Å². The van der Waals surface area contributed by atoms with Crippen LogP contribution in [0.4, 0.5) is 5.13 Å². The van der Waals surface area contributed by atoms with Crippen LogP contribution in [0.2, 0.25) is 0 Å². The van der Waals surface area contributed by atoms with Gasteiger partial charge in [0.1, 0.15) is 0 Å². The van der Waals surface area contributed by atoms with Gasteiger partial charge in [-0.1, -0.05) is 18.9 Å². The van der Waals surface area contributed by atoms with Crippen molar-refractivity contribution in [1.82, 2.24) is 4.98 Å². The van der Waals surface area contributed by atoms with Crippen LogP contribution in [0.15, 0.2) is 11.5 Å². The topological polar surface area (TPSA) is 76.2 Å². The number of carboxylic acid groups (broad SMARTS) is 1. The molecule has 2 aliphatic carbocycles. The number of nitrogen functional groups attached to an aromatic ring is 1. The van der Waals surface area contributed by atoms with Crippen molar-refractivity contribution in [3.63, 3.8) is 0 Å². The number of nitrogens with two attached hydrogens (primary N) is 1. The molecule has 2 aliphatic rings. The van der Waals surface area contributed by atoms with Gasteiger partial charge in [-0.05, 0) is 30.6 Å². The Morgan fingerprint density at radius 1 is 1.44 bits per heavy atom. The van der Waals surface area contributed by atoms with E-state index in [-0.39, 0.29) is 0 Å². The summed E-state index contributed by atoms with van der Waals surface area (Å²) in [6.45, 7) is 0. The van der Waals surface area contributed by atoms with E-state index in [9.17, 15) is 9.90 Å². The number of fused-ring (bicyclic) bond motifs is 1. The fraction of sp³-hybridized carbons (Fsp3) is 0.538. The van der Waals surface area contributed by atoms with E-state index in [1.807, 2.05) is 6.08 Å². The molecule has 2 saturated carbocycles. The molecular weight excluding hydrogens is 248 g/mol. The molecule has 0 aromatic carbocycles. The first-order valence-corrected chi connectivity index (χ1v) is 7.21. The van der Waals surface area contributed by atoms with Crippen LogP contribution in [0.25, 0.3) is 5.57 Å². The fourth-order valence-electron chi connectivity index (χ4n) is 3.16. The van der Waals surface area contributed by atoms with Gasteiger partial charge in [0, 0.05) is 5.38 Å². The Morgan fingerprint density at radius 3 is 2.61 bits per heavy atom. The SMILES string of the molecule is Nc1nc(/C(=C/C2C3CCCCC23)C(=O)O)cs1. The van der Waals surface area contributed by atoms with Gasteiger partial charge < -0.3 is 10.8 Å². The zero-order valence-electron chi connectivity index (χ0n) is 10.0. The number of carboxylic acids is 1. The Bertz CT molecular complexity index is 497.